The quantitative estimate of drug-likeness (QED) is 0.553. The molecule has 0 unspecified atom stereocenters. The molecule has 0 radical (unpaired) electrons. The summed E-state index contributed by atoms with van der Waals surface area (Å²) in [6.07, 6.45) is -2.20. The number of alkyl halides is 8. The van der Waals surface area contributed by atoms with Gasteiger partial charge in [0.15, 0.2) is 13.2 Å². The number of halogens is 8. The monoisotopic (exact) mass is 318 g/mol. The maximum absolute atomic E-state index is 12.6. The van der Waals surface area contributed by atoms with E-state index in [2.05, 4.69) is 9.47 Å². The summed E-state index contributed by atoms with van der Waals surface area (Å²) in [5.41, 5.74) is 0. The first-order valence-corrected chi connectivity index (χ1v) is 4.91. The van der Waals surface area contributed by atoms with E-state index in [9.17, 15) is 39.9 Å². The highest BCUT2D eigenvalue weighted by Crippen LogP contribution is 2.35. The van der Waals surface area contributed by atoms with Crippen LogP contribution in [0.25, 0.3) is 0 Å². The van der Waals surface area contributed by atoms with Crippen molar-refractivity contribution in [2.24, 2.45) is 0 Å². The SMILES string of the molecule is CC(F)(F)C(F)(F)COC(=O)OCC(F)(F)C(C)(F)F. The van der Waals surface area contributed by atoms with Crippen molar-refractivity contribution in [3.63, 3.8) is 0 Å². The van der Waals surface area contributed by atoms with Gasteiger partial charge in [0.05, 0.1) is 0 Å². The number of carbonyl (C=O) groups is 1. The van der Waals surface area contributed by atoms with Gasteiger partial charge in [0, 0.05) is 13.8 Å². The Balaban J connectivity index is 4.35. The Bertz CT molecular complexity index is 312. The van der Waals surface area contributed by atoms with Crippen molar-refractivity contribution in [3.05, 3.63) is 0 Å². The van der Waals surface area contributed by atoms with Gasteiger partial charge in [0.25, 0.3) is 0 Å². The number of hydrogen-bond donors (Lipinski definition) is 0. The maximum Gasteiger partial charge on any atom is 0.508 e. The second-order valence-electron chi connectivity index (χ2n) is 4.01. The largest absolute Gasteiger partial charge is 0.508 e. The van der Waals surface area contributed by atoms with Crippen molar-refractivity contribution >= 4 is 6.16 Å². The zero-order valence-corrected chi connectivity index (χ0v) is 10.2. The first kappa shape index (κ1) is 18.7. The summed E-state index contributed by atoms with van der Waals surface area (Å²) in [4.78, 5) is 10.6. The van der Waals surface area contributed by atoms with Crippen LogP contribution in [0, 0.1) is 0 Å². The predicted molar refractivity (Wildman–Crippen MR) is 48.4 cm³/mol. The summed E-state index contributed by atoms with van der Waals surface area (Å²) in [6.45, 7) is -4.62. The van der Waals surface area contributed by atoms with Crippen LogP contribution in [-0.2, 0) is 9.47 Å². The second kappa shape index (κ2) is 5.60. The molecule has 0 spiro atoms. The summed E-state index contributed by atoms with van der Waals surface area (Å²) in [7, 11) is 0. The summed E-state index contributed by atoms with van der Waals surface area (Å²) in [6, 6.07) is 0. The lowest BCUT2D eigenvalue weighted by Crippen LogP contribution is -2.44. The van der Waals surface area contributed by atoms with Crippen LogP contribution >= 0.6 is 0 Å². The summed E-state index contributed by atoms with van der Waals surface area (Å²) in [5.74, 6) is -18.6. The fourth-order valence-corrected chi connectivity index (χ4v) is 0.594. The van der Waals surface area contributed by atoms with Gasteiger partial charge in [0.1, 0.15) is 0 Å². The van der Waals surface area contributed by atoms with Gasteiger partial charge >= 0.3 is 29.8 Å². The van der Waals surface area contributed by atoms with Crippen LogP contribution in [0.1, 0.15) is 13.8 Å². The minimum absolute atomic E-state index is 0.159. The Morgan fingerprint density at radius 2 is 1.00 bits per heavy atom. The smallest absolute Gasteiger partial charge is 0.428 e. The van der Waals surface area contributed by atoms with Gasteiger partial charge in [0.2, 0.25) is 0 Å². The lowest BCUT2D eigenvalue weighted by Gasteiger charge is -2.24. The third-order valence-electron chi connectivity index (χ3n) is 2.03. The van der Waals surface area contributed by atoms with Crippen molar-refractivity contribution < 1.29 is 49.4 Å². The Labute approximate surface area is 107 Å². The topological polar surface area (TPSA) is 35.5 Å². The summed E-state index contributed by atoms with van der Waals surface area (Å²) < 4.78 is 106. The van der Waals surface area contributed by atoms with Crippen molar-refractivity contribution in [1.29, 1.82) is 0 Å². The fourth-order valence-electron chi connectivity index (χ4n) is 0.594. The Hall–Kier alpha value is -1.29. The van der Waals surface area contributed by atoms with Crippen LogP contribution in [-0.4, -0.2) is 43.1 Å². The predicted octanol–water partition coefficient (Wildman–Crippen LogP) is 3.72. The highest BCUT2D eigenvalue weighted by atomic mass is 19.3. The Kier molecular flexibility index (Phi) is 5.24. The number of carbonyl (C=O) groups excluding carboxylic acids is 1. The van der Waals surface area contributed by atoms with Crippen molar-refractivity contribution in [2.75, 3.05) is 13.2 Å². The van der Waals surface area contributed by atoms with E-state index < -0.39 is 43.1 Å². The molecule has 0 rings (SSSR count). The molecule has 0 saturated carbocycles. The zero-order valence-electron chi connectivity index (χ0n) is 10.2. The second-order valence-corrected chi connectivity index (χ2v) is 4.01. The molecule has 0 amide bonds. The molecule has 0 heterocycles. The van der Waals surface area contributed by atoms with E-state index in [1.54, 1.807) is 0 Å². The van der Waals surface area contributed by atoms with E-state index in [-0.39, 0.29) is 13.8 Å². The third-order valence-corrected chi connectivity index (χ3v) is 2.03. The molecular formula is C9H10F8O3. The number of hydrogen-bond acceptors (Lipinski definition) is 3. The molecule has 0 saturated heterocycles. The Morgan fingerprint density at radius 3 is 1.20 bits per heavy atom. The lowest BCUT2D eigenvalue weighted by molar-refractivity contribution is -0.227. The van der Waals surface area contributed by atoms with E-state index in [4.69, 9.17) is 0 Å². The maximum atomic E-state index is 12.6. The van der Waals surface area contributed by atoms with E-state index in [1.165, 1.54) is 0 Å². The van der Waals surface area contributed by atoms with E-state index in [0.717, 1.165) is 0 Å². The van der Waals surface area contributed by atoms with E-state index in [1.807, 2.05) is 0 Å². The molecule has 0 fully saturated rings. The van der Waals surface area contributed by atoms with Crippen molar-refractivity contribution in [3.8, 4) is 0 Å². The molecule has 120 valence electrons. The lowest BCUT2D eigenvalue weighted by atomic mass is 10.2. The molecule has 0 bridgehead atoms. The third kappa shape index (κ3) is 5.00. The molecule has 0 N–H and O–H groups in total. The molecule has 0 aliphatic heterocycles. The standard InChI is InChI=1S/C9H10F8O3/c1-6(10,11)8(14,15)3-19-5(18)20-4-9(16,17)7(2,12)13/h3-4H2,1-2H3. The van der Waals surface area contributed by atoms with Crippen LogP contribution in [0.15, 0.2) is 0 Å². The van der Waals surface area contributed by atoms with Crippen LogP contribution < -0.4 is 0 Å². The van der Waals surface area contributed by atoms with Gasteiger partial charge in [-0.1, -0.05) is 0 Å². The van der Waals surface area contributed by atoms with Gasteiger partial charge in [-0.3, -0.25) is 0 Å². The van der Waals surface area contributed by atoms with Gasteiger partial charge in [-0.05, 0) is 0 Å². The van der Waals surface area contributed by atoms with Crippen molar-refractivity contribution in [2.45, 2.75) is 37.5 Å². The van der Waals surface area contributed by atoms with Crippen LogP contribution in [0.3, 0.4) is 0 Å². The van der Waals surface area contributed by atoms with E-state index in [0.29, 0.717) is 0 Å². The first-order valence-electron chi connectivity index (χ1n) is 4.91. The minimum atomic E-state index is -4.76. The number of rotatable bonds is 6. The van der Waals surface area contributed by atoms with Gasteiger partial charge in [-0.15, -0.1) is 0 Å². The van der Waals surface area contributed by atoms with Crippen LogP contribution in [0.2, 0.25) is 0 Å². The molecule has 20 heavy (non-hydrogen) atoms. The minimum Gasteiger partial charge on any atom is -0.428 e. The first-order chi connectivity index (χ1) is 8.60. The molecule has 0 aliphatic carbocycles. The van der Waals surface area contributed by atoms with Gasteiger partial charge < -0.3 is 9.47 Å². The highest BCUT2D eigenvalue weighted by molar-refractivity contribution is 5.60. The zero-order chi connectivity index (χ0) is 16.4. The van der Waals surface area contributed by atoms with Crippen LogP contribution in [0.4, 0.5) is 39.9 Å². The average Bonchev–Trinajstić information content (AvgIpc) is 2.20. The van der Waals surface area contributed by atoms with Crippen LogP contribution in [0.5, 0.6) is 0 Å². The molecule has 0 aromatic carbocycles. The van der Waals surface area contributed by atoms with Gasteiger partial charge in [-0.2, -0.15) is 17.6 Å². The fraction of sp³-hybridized carbons (Fsp3) is 0.889. The normalized spacial score (nSPS) is 14.1. The van der Waals surface area contributed by atoms with E-state index >= 15 is 0 Å². The molecule has 11 heteroatoms. The number of ether oxygens (including phenoxy) is 2. The summed E-state index contributed by atoms with van der Waals surface area (Å²) in [5, 5.41) is 0. The molecule has 3 nitrogen and oxygen atoms in total. The molecule has 0 atom stereocenters. The molecular weight excluding hydrogens is 308 g/mol. The average molecular weight is 318 g/mol. The summed E-state index contributed by atoms with van der Waals surface area (Å²) >= 11 is 0. The molecule has 0 aliphatic rings. The molecule has 0 aromatic rings. The van der Waals surface area contributed by atoms with Gasteiger partial charge in [-0.25, -0.2) is 22.4 Å². The highest BCUT2D eigenvalue weighted by Gasteiger charge is 2.55. The molecule has 0 aromatic heterocycles. The Morgan fingerprint density at radius 1 is 0.750 bits per heavy atom. The van der Waals surface area contributed by atoms with Crippen molar-refractivity contribution in [1.82, 2.24) is 0 Å².